The molecule has 0 spiro atoms. The summed E-state index contributed by atoms with van der Waals surface area (Å²) in [6.45, 7) is 2.53. The van der Waals surface area contributed by atoms with E-state index in [0.29, 0.717) is 34.8 Å². The minimum atomic E-state index is -0.164. The lowest BCUT2D eigenvalue weighted by Crippen LogP contribution is -2.14. The second-order valence-corrected chi connectivity index (χ2v) is 8.76. The number of benzene rings is 3. The summed E-state index contributed by atoms with van der Waals surface area (Å²) in [5.74, 6) is 3.32. The molecule has 1 amide bonds. The van der Waals surface area contributed by atoms with Crippen LogP contribution in [0, 0.1) is 0 Å². The molecule has 0 fully saturated rings. The number of carbonyl (C=O) groups excluding carboxylic acids is 1. The average molecular weight is 513 g/mol. The molecule has 5 aromatic rings. The lowest BCUT2D eigenvalue weighted by molar-refractivity contribution is -0.113. The van der Waals surface area contributed by atoms with E-state index in [1.165, 1.54) is 11.8 Å². The van der Waals surface area contributed by atoms with Crippen LogP contribution in [0.3, 0.4) is 0 Å². The summed E-state index contributed by atoms with van der Waals surface area (Å²) < 4.78 is 18.8. The number of nitrogens with zero attached hydrogens (tertiary/aromatic N) is 3. The quantitative estimate of drug-likeness (QED) is 0.215. The number of thioether (sulfide) groups is 1. The second kappa shape index (κ2) is 11.5. The topological polar surface area (TPSA) is 91.4 Å². The van der Waals surface area contributed by atoms with Gasteiger partial charge in [0.2, 0.25) is 11.7 Å². The van der Waals surface area contributed by atoms with Crippen LogP contribution in [0.15, 0.2) is 107 Å². The lowest BCUT2D eigenvalue weighted by atomic mass is 10.3. The predicted molar refractivity (Wildman–Crippen MR) is 143 cm³/mol. The van der Waals surface area contributed by atoms with Crippen molar-refractivity contribution in [3.05, 3.63) is 97.3 Å². The molecule has 37 heavy (non-hydrogen) atoms. The van der Waals surface area contributed by atoms with Gasteiger partial charge in [0.1, 0.15) is 17.2 Å². The lowest BCUT2D eigenvalue weighted by Gasteiger charge is -2.11. The van der Waals surface area contributed by atoms with Gasteiger partial charge >= 0.3 is 0 Å². The molecule has 3 aromatic carbocycles. The van der Waals surface area contributed by atoms with Gasteiger partial charge in [-0.05, 0) is 79.7 Å². The van der Waals surface area contributed by atoms with E-state index in [0.717, 1.165) is 17.2 Å². The fourth-order valence-electron chi connectivity index (χ4n) is 3.58. The molecule has 8 nitrogen and oxygen atoms in total. The Bertz CT molecular complexity index is 1430. The first-order valence-electron chi connectivity index (χ1n) is 11.7. The van der Waals surface area contributed by atoms with Crippen molar-refractivity contribution in [2.75, 3.05) is 17.7 Å². The molecule has 0 unspecified atom stereocenters. The third kappa shape index (κ3) is 6.02. The van der Waals surface area contributed by atoms with Crippen molar-refractivity contribution in [3.63, 3.8) is 0 Å². The first kappa shape index (κ1) is 24.2. The highest BCUT2D eigenvalue weighted by Gasteiger charge is 2.19. The number of nitrogens with one attached hydrogen (secondary N) is 1. The van der Waals surface area contributed by atoms with Crippen molar-refractivity contribution in [1.82, 2.24) is 14.8 Å². The largest absolute Gasteiger partial charge is 0.494 e. The van der Waals surface area contributed by atoms with Crippen LogP contribution in [0.5, 0.6) is 17.2 Å². The maximum Gasteiger partial charge on any atom is 0.234 e. The molecule has 0 saturated carbocycles. The van der Waals surface area contributed by atoms with Crippen LogP contribution in [-0.4, -0.2) is 33.0 Å². The zero-order valence-corrected chi connectivity index (χ0v) is 20.9. The number of aromatic nitrogens is 3. The number of anilines is 1. The zero-order valence-electron chi connectivity index (χ0n) is 20.0. The Kier molecular flexibility index (Phi) is 7.52. The standard InChI is InChI=1S/C28H24N4O4S/c1-2-34-22-16-12-21(13-17-22)32-27(25-9-6-18-35-25)30-31-28(32)37-19-26(33)29-20-10-14-24(15-11-20)36-23-7-4-3-5-8-23/h3-18H,2,19H2,1H3,(H,29,33). The summed E-state index contributed by atoms with van der Waals surface area (Å²) in [6, 6.07) is 28.0. The fraction of sp³-hybridized carbons (Fsp3) is 0.107. The van der Waals surface area contributed by atoms with Gasteiger partial charge in [-0.25, -0.2) is 0 Å². The summed E-state index contributed by atoms with van der Waals surface area (Å²) in [6.07, 6.45) is 1.59. The van der Waals surface area contributed by atoms with Crippen LogP contribution in [0.2, 0.25) is 0 Å². The molecular formula is C28H24N4O4S. The molecule has 0 bridgehead atoms. The Morgan fingerprint density at radius 1 is 0.892 bits per heavy atom. The SMILES string of the molecule is CCOc1ccc(-n2c(SCC(=O)Nc3ccc(Oc4ccccc4)cc3)nnc2-c2ccco2)cc1. The molecule has 186 valence electrons. The van der Waals surface area contributed by atoms with E-state index in [1.54, 1.807) is 24.5 Å². The minimum absolute atomic E-state index is 0.148. The molecule has 0 saturated heterocycles. The van der Waals surface area contributed by atoms with Gasteiger partial charge in [-0.3, -0.25) is 9.36 Å². The highest BCUT2D eigenvalue weighted by molar-refractivity contribution is 7.99. The Morgan fingerprint density at radius 3 is 2.32 bits per heavy atom. The summed E-state index contributed by atoms with van der Waals surface area (Å²) in [7, 11) is 0. The normalized spacial score (nSPS) is 10.7. The Labute approximate surface area is 218 Å². The molecule has 0 aliphatic rings. The average Bonchev–Trinajstić information content (AvgIpc) is 3.60. The Balaban J connectivity index is 1.27. The summed E-state index contributed by atoms with van der Waals surface area (Å²) in [5.41, 5.74) is 1.51. The minimum Gasteiger partial charge on any atom is -0.494 e. The molecule has 2 aromatic heterocycles. The van der Waals surface area contributed by atoms with Crippen LogP contribution < -0.4 is 14.8 Å². The first-order chi connectivity index (χ1) is 18.2. The van der Waals surface area contributed by atoms with E-state index in [4.69, 9.17) is 13.9 Å². The van der Waals surface area contributed by atoms with E-state index in [2.05, 4.69) is 15.5 Å². The highest BCUT2D eigenvalue weighted by Crippen LogP contribution is 2.29. The van der Waals surface area contributed by atoms with Crippen LogP contribution in [0.1, 0.15) is 6.92 Å². The van der Waals surface area contributed by atoms with Crippen LogP contribution >= 0.6 is 11.8 Å². The first-order valence-corrected chi connectivity index (χ1v) is 12.7. The zero-order chi connectivity index (χ0) is 25.5. The maximum absolute atomic E-state index is 12.7. The molecule has 0 atom stereocenters. The van der Waals surface area contributed by atoms with Gasteiger partial charge < -0.3 is 19.2 Å². The van der Waals surface area contributed by atoms with Gasteiger partial charge in [0.05, 0.1) is 24.3 Å². The van der Waals surface area contributed by atoms with E-state index in [9.17, 15) is 4.79 Å². The van der Waals surface area contributed by atoms with Gasteiger partial charge in [0.25, 0.3) is 0 Å². The highest BCUT2D eigenvalue weighted by atomic mass is 32.2. The van der Waals surface area contributed by atoms with Gasteiger partial charge in [0, 0.05) is 5.69 Å². The van der Waals surface area contributed by atoms with Gasteiger partial charge in [-0.2, -0.15) is 0 Å². The van der Waals surface area contributed by atoms with Crippen molar-refractivity contribution in [3.8, 4) is 34.5 Å². The number of hydrogen-bond donors (Lipinski definition) is 1. The van der Waals surface area contributed by atoms with Crippen LogP contribution in [0.4, 0.5) is 5.69 Å². The van der Waals surface area contributed by atoms with Crippen molar-refractivity contribution < 1.29 is 18.7 Å². The van der Waals surface area contributed by atoms with Crippen molar-refractivity contribution >= 4 is 23.4 Å². The van der Waals surface area contributed by atoms with Gasteiger partial charge in [-0.1, -0.05) is 30.0 Å². The Morgan fingerprint density at radius 2 is 1.62 bits per heavy atom. The van der Waals surface area contributed by atoms with E-state index in [1.807, 2.05) is 84.3 Å². The van der Waals surface area contributed by atoms with Crippen molar-refractivity contribution in [1.29, 1.82) is 0 Å². The number of carbonyl (C=O) groups is 1. The number of amides is 1. The molecule has 0 radical (unpaired) electrons. The third-order valence-corrected chi connectivity index (χ3v) is 6.16. The molecule has 0 aliphatic carbocycles. The van der Waals surface area contributed by atoms with Crippen LogP contribution in [-0.2, 0) is 4.79 Å². The summed E-state index contributed by atoms with van der Waals surface area (Å²) in [5, 5.41) is 12.1. The third-order valence-electron chi connectivity index (χ3n) is 5.23. The van der Waals surface area contributed by atoms with Crippen molar-refractivity contribution in [2.45, 2.75) is 12.1 Å². The molecule has 0 aliphatic heterocycles. The van der Waals surface area contributed by atoms with E-state index >= 15 is 0 Å². The summed E-state index contributed by atoms with van der Waals surface area (Å²) in [4.78, 5) is 12.7. The number of rotatable bonds is 10. The smallest absolute Gasteiger partial charge is 0.234 e. The predicted octanol–water partition coefficient (Wildman–Crippen LogP) is 6.45. The summed E-state index contributed by atoms with van der Waals surface area (Å²) >= 11 is 1.29. The number of para-hydroxylation sites is 1. The van der Waals surface area contributed by atoms with Crippen molar-refractivity contribution in [2.24, 2.45) is 0 Å². The van der Waals surface area contributed by atoms with Crippen LogP contribution in [0.25, 0.3) is 17.3 Å². The number of furan rings is 1. The van der Waals surface area contributed by atoms with Gasteiger partial charge in [-0.15, -0.1) is 10.2 Å². The monoisotopic (exact) mass is 512 g/mol. The Hall–Kier alpha value is -4.50. The van der Waals surface area contributed by atoms with E-state index in [-0.39, 0.29) is 11.7 Å². The molecule has 2 heterocycles. The fourth-order valence-corrected chi connectivity index (χ4v) is 4.33. The van der Waals surface area contributed by atoms with Gasteiger partial charge in [0.15, 0.2) is 10.9 Å². The number of hydrogen-bond acceptors (Lipinski definition) is 7. The molecule has 5 rings (SSSR count). The molecule has 1 N–H and O–H groups in total. The maximum atomic E-state index is 12.7. The molecular weight excluding hydrogens is 488 g/mol. The molecule has 9 heteroatoms. The number of ether oxygens (including phenoxy) is 2. The second-order valence-electron chi connectivity index (χ2n) is 7.82. The van der Waals surface area contributed by atoms with E-state index < -0.39 is 0 Å².